The van der Waals surface area contributed by atoms with Gasteiger partial charge in [0.05, 0.1) is 35.0 Å². The topological polar surface area (TPSA) is 124 Å². The summed E-state index contributed by atoms with van der Waals surface area (Å²) in [5, 5.41) is 0. The van der Waals surface area contributed by atoms with E-state index in [9.17, 15) is 25.3 Å². The van der Waals surface area contributed by atoms with E-state index in [1.165, 1.54) is 25.3 Å². The zero-order valence-corrected chi connectivity index (χ0v) is 16.7. The standard InChI is InChI=1S/C15H21NO7S3/c1-23-15-3-2-13(8-14(15)11-4-6-24(17,18)9-11)26(21,22)16-12-5-7-25(19,20)10-12/h2-3,8,11-12,16H,4-7,9-10H2,1H3/t11-,12+/m1/s1. The molecule has 3 rings (SSSR count). The molecule has 2 atom stereocenters. The summed E-state index contributed by atoms with van der Waals surface area (Å²) in [6, 6.07) is 3.65. The molecule has 0 amide bonds. The highest BCUT2D eigenvalue weighted by Gasteiger charge is 2.34. The van der Waals surface area contributed by atoms with Crippen molar-refractivity contribution in [2.24, 2.45) is 0 Å². The highest BCUT2D eigenvalue weighted by Crippen LogP contribution is 2.36. The minimum Gasteiger partial charge on any atom is -0.496 e. The molecule has 1 N–H and O–H groups in total. The molecule has 0 unspecified atom stereocenters. The van der Waals surface area contributed by atoms with Gasteiger partial charge in [-0.15, -0.1) is 0 Å². The highest BCUT2D eigenvalue weighted by atomic mass is 32.2. The van der Waals surface area contributed by atoms with Gasteiger partial charge in [-0.2, -0.15) is 0 Å². The number of ether oxygens (including phenoxy) is 1. The van der Waals surface area contributed by atoms with Gasteiger partial charge in [0.15, 0.2) is 19.7 Å². The number of methoxy groups -OCH3 is 1. The fraction of sp³-hybridized carbons (Fsp3) is 0.600. The molecule has 0 aliphatic carbocycles. The van der Waals surface area contributed by atoms with Crippen LogP contribution < -0.4 is 9.46 Å². The Morgan fingerprint density at radius 3 is 2.23 bits per heavy atom. The van der Waals surface area contributed by atoms with Crippen LogP contribution in [0.15, 0.2) is 23.1 Å². The van der Waals surface area contributed by atoms with Gasteiger partial charge >= 0.3 is 0 Å². The summed E-state index contributed by atoms with van der Waals surface area (Å²) in [6.07, 6.45) is 0.655. The normalized spacial score (nSPS) is 27.4. The van der Waals surface area contributed by atoms with E-state index in [1.807, 2.05) is 0 Å². The van der Waals surface area contributed by atoms with Gasteiger partial charge in [0.25, 0.3) is 0 Å². The van der Waals surface area contributed by atoms with E-state index in [0.717, 1.165) is 0 Å². The summed E-state index contributed by atoms with van der Waals surface area (Å²) in [7, 11) is -8.82. The molecule has 0 bridgehead atoms. The number of sulfonamides is 1. The third-order valence-electron chi connectivity index (χ3n) is 4.74. The van der Waals surface area contributed by atoms with Gasteiger partial charge in [-0.3, -0.25) is 0 Å². The SMILES string of the molecule is COc1ccc(S(=O)(=O)N[C@H]2CCS(=O)(=O)C2)cc1[C@@H]1CCS(=O)(=O)C1. The fourth-order valence-electron chi connectivity index (χ4n) is 3.41. The minimum atomic E-state index is -3.92. The second-order valence-electron chi connectivity index (χ2n) is 6.72. The zero-order chi connectivity index (χ0) is 19.2. The molecule has 1 aromatic carbocycles. The van der Waals surface area contributed by atoms with Crippen molar-refractivity contribution >= 4 is 29.7 Å². The number of rotatable bonds is 5. The van der Waals surface area contributed by atoms with Crippen LogP contribution in [0.4, 0.5) is 0 Å². The number of sulfone groups is 2. The largest absolute Gasteiger partial charge is 0.496 e. The molecular formula is C15H21NO7S3. The number of hydrogen-bond donors (Lipinski definition) is 1. The second kappa shape index (κ2) is 6.77. The van der Waals surface area contributed by atoms with Crippen molar-refractivity contribution in [3.05, 3.63) is 23.8 Å². The van der Waals surface area contributed by atoms with Crippen molar-refractivity contribution in [1.29, 1.82) is 0 Å². The second-order valence-corrected chi connectivity index (χ2v) is 12.9. The molecule has 2 aliphatic heterocycles. The Kier molecular flexibility index (Phi) is 5.10. The average molecular weight is 424 g/mol. The summed E-state index contributed by atoms with van der Waals surface area (Å²) in [6.45, 7) is 0. The predicted molar refractivity (Wildman–Crippen MR) is 96.4 cm³/mol. The summed E-state index contributed by atoms with van der Waals surface area (Å²) in [5.74, 6) is -0.104. The average Bonchev–Trinajstić information content (AvgIpc) is 3.07. The Labute approximate surface area is 153 Å². The lowest BCUT2D eigenvalue weighted by molar-refractivity contribution is 0.406. The summed E-state index contributed by atoms with van der Waals surface area (Å²) >= 11 is 0. The number of hydrogen-bond acceptors (Lipinski definition) is 7. The first-order valence-electron chi connectivity index (χ1n) is 8.12. The molecule has 11 heteroatoms. The van der Waals surface area contributed by atoms with Crippen LogP contribution in [0.1, 0.15) is 24.3 Å². The first kappa shape index (κ1) is 19.6. The first-order valence-corrected chi connectivity index (χ1v) is 13.2. The van der Waals surface area contributed by atoms with Crippen molar-refractivity contribution in [3.8, 4) is 5.75 Å². The van der Waals surface area contributed by atoms with E-state index in [-0.39, 0.29) is 40.2 Å². The van der Waals surface area contributed by atoms with Crippen LogP contribution in [0.2, 0.25) is 0 Å². The minimum absolute atomic E-state index is 0.0260. The molecule has 2 fully saturated rings. The number of nitrogens with one attached hydrogen (secondary N) is 1. The summed E-state index contributed by atoms with van der Waals surface area (Å²) in [5.41, 5.74) is 0.537. The van der Waals surface area contributed by atoms with Gasteiger partial charge in [-0.25, -0.2) is 30.0 Å². The maximum absolute atomic E-state index is 12.6. The molecule has 26 heavy (non-hydrogen) atoms. The van der Waals surface area contributed by atoms with Crippen LogP contribution in [-0.4, -0.2) is 61.4 Å². The van der Waals surface area contributed by atoms with E-state index in [2.05, 4.69) is 4.72 Å². The Balaban J connectivity index is 1.89. The lowest BCUT2D eigenvalue weighted by Crippen LogP contribution is -2.35. The van der Waals surface area contributed by atoms with Gasteiger partial charge in [0.2, 0.25) is 10.0 Å². The zero-order valence-electron chi connectivity index (χ0n) is 14.2. The Bertz CT molecular complexity index is 1010. The monoisotopic (exact) mass is 423 g/mol. The van der Waals surface area contributed by atoms with Gasteiger partial charge in [0, 0.05) is 12.0 Å². The van der Waals surface area contributed by atoms with Gasteiger partial charge in [-0.05, 0) is 36.6 Å². The Morgan fingerprint density at radius 2 is 1.69 bits per heavy atom. The summed E-state index contributed by atoms with van der Waals surface area (Å²) < 4.78 is 79.5. The van der Waals surface area contributed by atoms with Crippen molar-refractivity contribution < 1.29 is 30.0 Å². The smallest absolute Gasteiger partial charge is 0.240 e. The van der Waals surface area contributed by atoms with Crippen LogP contribution in [0, 0.1) is 0 Å². The maximum atomic E-state index is 12.6. The maximum Gasteiger partial charge on any atom is 0.240 e. The van der Waals surface area contributed by atoms with Crippen LogP contribution in [-0.2, 0) is 29.7 Å². The van der Waals surface area contributed by atoms with Gasteiger partial charge in [0.1, 0.15) is 5.75 Å². The molecule has 0 spiro atoms. The van der Waals surface area contributed by atoms with E-state index < -0.39 is 35.7 Å². The van der Waals surface area contributed by atoms with Crippen molar-refractivity contribution in [1.82, 2.24) is 4.72 Å². The molecule has 2 aliphatic rings. The van der Waals surface area contributed by atoms with E-state index >= 15 is 0 Å². The molecule has 1 aromatic rings. The molecule has 0 aromatic heterocycles. The van der Waals surface area contributed by atoms with Gasteiger partial charge < -0.3 is 4.74 Å². The quantitative estimate of drug-likeness (QED) is 0.710. The predicted octanol–water partition coefficient (Wildman–Crippen LogP) is 0.0627. The molecule has 2 saturated heterocycles. The van der Waals surface area contributed by atoms with Crippen molar-refractivity contribution in [2.45, 2.75) is 29.7 Å². The third kappa shape index (κ3) is 4.21. The molecular weight excluding hydrogens is 402 g/mol. The summed E-state index contributed by atoms with van der Waals surface area (Å²) in [4.78, 5) is -0.0260. The lowest BCUT2D eigenvalue weighted by Gasteiger charge is -2.17. The molecule has 146 valence electrons. The van der Waals surface area contributed by atoms with Crippen LogP contribution >= 0.6 is 0 Å². The van der Waals surface area contributed by atoms with Crippen molar-refractivity contribution in [3.63, 3.8) is 0 Å². The van der Waals surface area contributed by atoms with E-state index in [1.54, 1.807) is 0 Å². The van der Waals surface area contributed by atoms with Crippen LogP contribution in [0.5, 0.6) is 5.75 Å². The van der Waals surface area contributed by atoms with Gasteiger partial charge in [-0.1, -0.05) is 0 Å². The van der Waals surface area contributed by atoms with Crippen molar-refractivity contribution in [2.75, 3.05) is 30.1 Å². The fourth-order valence-corrected chi connectivity index (χ4v) is 8.27. The highest BCUT2D eigenvalue weighted by molar-refractivity contribution is 7.92. The Morgan fingerprint density at radius 1 is 1.04 bits per heavy atom. The number of benzene rings is 1. The van der Waals surface area contributed by atoms with E-state index in [0.29, 0.717) is 17.7 Å². The third-order valence-corrected chi connectivity index (χ3v) is 9.79. The van der Waals surface area contributed by atoms with Crippen LogP contribution in [0.25, 0.3) is 0 Å². The van der Waals surface area contributed by atoms with E-state index in [4.69, 9.17) is 4.74 Å². The Hall–Kier alpha value is -1.17. The molecule has 8 nitrogen and oxygen atoms in total. The first-order chi connectivity index (χ1) is 12.0. The lowest BCUT2D eigenvalue weighted by atomic mass is 9.98. The molecule has 0 radical (unpaired) electrons. The molecule has 0 saturated carbocycles. The van der Waals surface area contributed by atoms with Crippen LogP contribution in [0.3, 0.4) is 0 Å². The molecule has 2 heterocycles.